The van der Waals surface area contributed by atoms with Crippen LogP contribution in [0.1, 0.15) is 0 Å². The van der Waals surface area contributed by atoms with Crippen molar-refractivity contribution in [1.29, 1.82) is 0 Å². The monoisotopic (exact) mass is 401 g/mol. The lowest BCUT2D eigenvalue weighted by Crippen LogP contribution is -2.32. The molecule has 2 aromatic rings. The Morgan fingerprint density at radius 1 is 1.00 bits per heavy atom. The highest BCUT2D eigenvalue weighted by Crippen LogP contribution is 2.44. The Hall–Kier alpha value is -1.63. The fraction of sp³-hybridized carbons (Fsp3) is 0.0625. The molecule has 0 aromatic heterocycles. The number of quaternary nitrogens is 1. The molecule has 0 saturated carbocycles. The van der Waals surface area contributed by atoms with Gasteiger partial charge >= 0.3 is 6.18 Å². The van der Waals surface area contributed by atoms with E-state index in [0.717, 1.165) is 10.5 Å². The third-order valence-electron chi connectivity index (χ3n) is 3.44. The molecule has 1 aliphatic heterocycles. The lowest BCUT2D eigenvalue weighted by molar-refractivity contribution is -0.0580. The number of allylic oxidation sites excluding steroid dienone is 1. The van der Waals surface area contributed by atoms with Crippen LogP contribution in [0.2, 0.25) is 5.02 Å². The molecular weight excluding hydrogens is 393 g/mol. The highest BCUT2D eigenvalue weighted by atomic mass is 79.9. The van der Waals surface area contributed by atoms with Gasteiger partial charge in [-0.25, -0.2) is 0 Å². The van der Waals surface area contributed by atoms with Crippen molar-refractivity contribution in [3.05, 3.63) is 70.3 Å². The predicted molar refractivity (Wildman–Crippen MR) is 89.7 cm³/mol. The summed E-state index contributed by atoms with van der Waals surface area (Å²) in [5, 5.41) is 4.28. The molecule has 1 heterocycles. The first-order valence-electron chi connectivity index (χ1n) is 6.59. The minimum atomic E-state index is -4.52. The van der Waals surface area contributed by atoms with E-state index in [9.17, 15) is 13.2 Å². The first kappa shape index (κ1) is 16.2. The number of benzene rings is 2. The molecule has 0 N–H and O–H groups in total. The summed E-state index contributed by atoms with van der Waals surface area (Å²) < 4.78 is 39.6. The molecular formula is C16H10BrClF3N2+. The highest BCUT2D eigenvalue weighted by molar-refractivity contribution is 9.10. The van der Waals surface area contributed by atoms with Crippen LogP contribution in [0.4, 0.5) is 24.5 Å². The Morgan fingerprint density at radius 3 is 2.22 bits per heavy atom. The summed E-state index contributed by atoms with van der Waals surface area (Å²) in [6.45, 7) is 0. The van der Waals surface area contributed by atoms with E-state index in [4.69, 9.17) is 11.6 Å². The molecule has 1 unspecified atom stereocenters. The first-order chi connectivity index (χ1) is 10.8. The molecule has 2 nitrogen and oxygen atoms in total. The lowest BCUT2D eigenvalue weighted by Gasteiger charge is -2.26. The molecule has 7 heteroatoms. The quantitative estimate of drug-likeness (QED) is 0.531. The third-order valence-corrected chi connectivity index (χ3v) is 4.29. The van der Waals surface area contributed by atoms with Gasteiger partial charge in [-0.15, -0.1) is 4.59 Å². The number of hydrogen-bond acceptors (Lipinski definition) is 1. The maximum absolute atomic E-state index is 13.1. The van der Waals surface area contributed by atoms with Crippen molar-refractivity contribution in [2.45, 2.75) is 6.18 Å². The van der Waals surface area contributed by atoms with Gasteiger partial charge in [0.05, 0.1) is 0 Å². The minimum Gasteiger partial charge on any atom is -0.164 e. The van der Waals surface area contributed by atoms with E-state index in [0.29, 0.717) is 16.4 Å². The van der Waals surface area contributed by atoms with Crippen LogP contribution in [0.3, 0.4) is 0 Å². The van der Waals surface area contributed by atoms with Crippen molar-refractivity contribution in [1.82, 2.24) is 4.59 Å². The summed E-state index contributed by atoms with van der Waals surface area (Å²) in [5.41, 5.74) is 0.0594. The Kier molecular flexibility index (Phi) is 4.08. The second-order valence-corrected chi connectivity index (χ2v) is 6.23. The van der Waals surface area contributed by atoms with E-state index in [1.54, 1.807) is 48.5 Å². The molecule has 0 bridgehead atoms. The van der Waals surface area contributed by atoms with Crippen LogP contribution in [-0.2, 0) is 0 Å². The van der Waals surface area contributed by atoms with Gasteiger partial charge in [-0.2, -0.15) is 13.2 Å². The van der Waals surface area contributed by atoms with Gasteiger partial charge in [0.15, 0.2) is 11.4 Å². The van der Waals surface area contributed by atoms with Crippen molar-refractivity contribution in [3.8, 4) is 0 Å². The van der Waals surface area contributed by atoms with E-state index in [-0.39, 0.29) is 0 Å². The molecule has 1 aliphatic rings. The van der Waals surface area contributed by atoms with Crippen LogP contribution in [-0.4, -0.2) is 11.9 Å². The molecule has 1 atom stereocenters. The van der Waals surface area contributed by atoms with Crippen LogP contribution in [0.15, 0.2) is 70.4 Å². The van der Waals surface area contributed by atoms with Crippen LogP contribution in [0, 0.1) is 0 Å². The summed E-state index contributed by atoms with van der Waals surface area (Å²) in [4.78, 5) is 0. The number of hydrogen-bond donors (Lipinski definition) is 0. The van der Waals surface area contributed by atoms with Crippen molar-refractivity contribution < 1.29 is 13.2 Å². The highest BCUT2D eigenvalue weighted by Gasteiger charge is 2.46. The van der Waals surface area contributed by atoms with E-state index < -0.39 is 16.5 Å². The molecule has 0 fully saturated rings. The molecule has 23 heavy (non-hydrogen) atoms. The molecule has 3 rings (SSSR count). The molecule has 0 aliphatic carbocycles. The standard InChI is InChI=1S/C16H10BrClF3N2/c17-11-5-7-12(8-6-11)23(14-4-2-1-3-13(14)18)10-9-15(22-23)16(19,20)21/h1-10H/q+1. The zero-order chi connectivity index (χ0) is 16.7. The van der Waals surface area contributed by atoms with Gasteiger partial charge in [0.2, 0.25) is 5.71 Å². The fourth-order valence-electron chi connectivity index (χ4n) is 2.38. The van der Waals surface area contributed by atoms with Crippen molar-refractivity contribution in [2.75, 3.05) is 0 Å². The molecule has 2 aromatic carbocycles. The van der Waals surface area contributed by atoms with Crippen molar-refractivity contribution in [2.24, 2.45) is 5.10 Å². The minimum absolute atomic E-state index is 0.340. The van der Waals surface area contributed by atoms with Gasteiger partial charge in [0, 0.05) is 28.7 Å². The zero-order valence-electron chi connectivity index (χ0n) is 11.6. The summed E-state index contributed by atoms with van der Waals surface area (Å²) in [6.07, 6.45) is -2.16. The van der Waals surface area contributed by atoms with Crippen LogP contribution in [0.5, 0.6) is 0 Å². The molecule has 0 radical (unpaired) electrons. The Balaban J connectivity index is 2.25. The maximum Gasteiger partial charge on any atom is 0.438 e. The normalized spacial score (nSPS) is 20.7. The van der Waals surface area contributed by atoms with E-state index in [1.807, 2.05) is 0 Å². The number of para-hydroxylation sites is 1. The van der Waals surface area contributed by atoms with Gasteiger partial charge in [0.1, 0.15) is 11.2 Å². The van der Waals surface area contributed by atoms with E-state index >= 15 is 0 Å². The lowest BCUT2D eigenvalue weighted by atomic mass is 10.2. The maximum atomic E-state index is 13.1. The molecule has 0 saturated heterocycles. The van der Waals surface area contributed by atoms with Crippen molar-refractivity contribution >= 4 is 44.6 Å². The SMILES string of the molecule is FC(F)(F)C1=N[N+](c2ccc(Br)cc2)(c2ccccc2Cl)C=C1. The first-order valence-corrected chi connectivity index (χ1v) is 7.77. The number of alkyl halides is 3. The van der Waals surface area contributed by atoms with Gasteiger partial charge < -0.3 is 0 Å². The summed E-state index contributed by atoms with van der Waals surface area (Å²) in [7, 11) is 0. The van der Waals surface area contributed by atoms with Crippen molar-refractivity contribution in [3.63, 3.8) is 0 Å². The molecule has 0 spiro atoms. The summed E-state index contributed by atoms with van der Waals surface area (Å²) in [5.74, 6) is 0. The Bertz CT molecular complexity index is 800. The van der Waals surface area contributed by atoms with Gasteiger partial charge in [-0.3, -0.25) is 0 Å². The zero-order valence-corrected chi connectivity index (χ0v) is 13.9. The van der Waals surface area contributed by atoms with E-state index in [2.05, 4.69) is 21.0 Å². The average Bonchev–Trinajstić information content (AvgIpc) is 2.95. The largest absolute Gasteiger partial charge is 0.438 e. The second kappa shape index (κ2) is 5.78. The third kappa shape index (κ3) is 2.94. The average molecular weight is 403 g/mol. The molecule has 0 amide bonds. The smallest absolute Gasteiger partial charge is 0.164 e. The van der Waals surface area contributed by atoms with Gasteiger partial charge in [-0.05, 0) is 18.2 Å². The van der Waals surface area contributed by atoms with Crippen LogP contribution in [0.25, 0.3) is 0 Å². The van der Waals surface area contributed by atoms with E-state index in [1.165, 1.54) is 6.20 Å². The van der Waals surface area contributed by atoms with Gasteiger partial charge in [-0.1, -0.05) is 44.8 Å². The fourth-order valence-corrected chi connectivity index (χ4v) is 2.91. The topological polar surface area (TPSA) is 12.4 Å². The van der Waals surface area contributed by atoms with Crippen LogP contribution >= 0.6 is 27.5 Å². The Labute approximate surface area is 144 Å². The number of rotatable bonds is 2. The second-order valence-electron chi connectivity index (χ2n) is 4.91. The predicted octanol–water partition coefficient (Wildman–Crippen LogP) is 6.19. The Morgan fingerprint density at radius 2 is 1.65 bits per heavy atom. The summed E-state index contributed by atoms with van der Waals surface area (Å²) in [6, 6.07) is 13.7. The van der Waals surface area contributed by atoms with Crippen LogP contribution < -0.4 is 4.59 Å². The number of halogens is 5. The number of nitrogens with zero attached hydrogens (tertiary/aromatic N) is 2. The summed E-state index contributed by atoms with van der Waals surface area (Å²) >= 11 is 9.55. The molecule has 118 valence electrons. The van der Waals surface area contributed by atoms with Gasteiger partial charge in [0.25, 0.3) is 0 Å².